The molecule has 0 bridgehead atoms. The third-order valence-corrected chi connectivity index (χ3v) is 3.19. The standard InChI is InChI=1S/C18H14ClF2NO4/c1-2-6-25-18(23)22-5-7-24-17-4-3-14(11-16(17)19)26-15-9-12(20)8-13(21)10-15/h1,3-4,8-11H,5-7H2,(H,22,23). The summed E-state index contributed by atoms with van der Waals surface area (Å²) in [7, 11) is 0. The van der Waals surface area contributed by atoms with Crippen LogP contribution in [0, 0.1) is 24.0 Å². The SMILES string of the molecule is C#CCOC(=O)NCCOc1ccc(Oc2cc(F)cc(F)c2)cc1Cl. The van der Waals surface area contributed by atoms with Crippen LogP contribution in [-0.2, 0) is 4.74 Å². The fourth-order valence-corrected chi connectivity index (χ4v) is 2.08. The van der Waals surface area contributed by atoms with Gasteiger partial charge in [0.2, 0.25) is 0 Å². The van der Waals surface area contributed by atoms with Crippen molar-refractivity contribution >= 4 is 17.7 Å². The van der Waals surface area contributed by atoms with Crippen molar-refractivity contribution in [3.63, 3.8) is 0 Å². The van der Waals surface area contributed by atoms with Crippen molar-refractivity contribution in [1.82, 2.24) is 5.32 Å². The van der Waals surface area contributed by atoms with Gasteiger partial charge in [0, 0.05) is 24.3 Å². The van der Waals surface area contributed by atoms with E-state index in [1.165, 1.54) is 18.2 Å². The van der Waals surface area contributed by atoms with Crippen molar-refractivity contribution in [3.05, 3.63) is 53.1 Å². The number of nitrogens with one attached hydrogen (secondary N) is 1. The van der Waals surface area contributed by atoms with E-state index in [1.54, 1.807) is 0 Å². The van der Waals surface area contributed by atoms with Crippen LogP contribution < -0.4 is 14.8 Å². The number of hydrogen-bond acceptors (Lipinski definition) is 4. The van der Waals surface area contributed by atoms with Crippen LogP contribution in [0.5, 0.6) is 17.2 Å². The maximum absolute atomic E-state index is 13.2. The van der Waals surface area contributed by atoms with Gasteiger partial charge in [-0.05, 0) is 12.1 Å². The van der Waals surface area contributed by atoms with E-state index in [1.807, 2.05) is 0 Å². The van der Waals surface area contributed by atoms with E-state index in [4.69, 9.17) is 27.5 Å². The van der Waals surface area contributed by atoms with Crippen molar-refractivity contribution in [2.75, 3.05) is 19.8 Å². The first-order valence-corrected chi connectivity index (χ1v) is 7.76. The molecule has 5 nitrogen and oxygen atoms in total. The minimum Gasteiger partial charge on any atom is -0.490 e. The fourth-order valence-electron chi connectivity index (χ4n) is 1.86. The molecule has 2 rings (SSSR count). The Hall–Kier alpha value is -2.98. The first-order valence-electron chi connectivity index (χ1n) is 7.38. The molecule has 0 spiro atoms. The minimum absolute atomic E-state index is 0.00177. The van der Waals surface area contributed by atoms with Crippen LogP contribution in [0.25, 0.3) is 0 Å². The normalized spacial score (nSPS) is 9.92. The number of amides is 1. The molecule has 0 aliphatic heterocycles. The average Bonchev–Trinajstić information content (AvgIpc) is 2.57. The molecule has 0 aliphatic carbocycles. The lowest BCUT2D eigenvalue weighted by Crippen LogP contribution is -2.28. The van der Waals surface area contributed by atoms with Gasteiger partial charge in [0.05, 0.1) is 11.6 Å². The topological polar surface area (TPSA) is 56.8 Å². The molecule has 2 aromatic rings. The zero-order chi connectivity index (χ0) is 18.9. The molecule has 26 heavy (non-hydrogen) atoms. The van der Waals surface area contributed by atoms with Gasteiger partial charge in [-0.25, -0.2) is 13.6 Å². The number of carbonyl (C=O) groups is 1. The largest absolute Gasteiger partial charge is 0.490 e. The second-order valence-electron chi connectivity index (χ2n) is 4.85. The highest BCUT2D eigenvalue weighted by Gasteiger charge is 2.07. The lowest BCUT2D eigenvalue weighted by Gasteiger charge is -2.11. The predicted molar refractivity (Wildman–Crippen MR) is 91.6 cm³/mol. The summed E-state index contributed by atoms with van der Waals surface area (Å²) < 4.78 is 41.7. The molecule has 8 heteroatoms. The monoisotopic (exact) mass is 381 g/mol. The molecule has 1 N–H and O–H groups in total. The summed E-state index contributed by atoms with van der Waals surface area (Å²) in [6.07, 6.45) is 4.31. The summed E-state index contributed by atoms with van der Waals surface area (Å²) in [5.41, 5.74) is 0. The van der Waals surface area contributed by atoms with Gasteiger partial charge in [0.15, 0.2) is 6.61 Å². The Morgan fingerprint density at radius 3 is 2.54 bits per heavy atom. The molecule has 0 aliphatic rings. The maximum Gasteiger partial charge on any atom is 0.408 e. The molecule has 0 saturated heterocycles. The molecule has 0 radical (unpaired) electrons. The zero-order valence-corrected chi connectivity index (χ0v) is 14.2. The van der Waals surface area contributed by atoms with E-state index < -0.39 is 17.7 Å². The summed E-state index contributed by atoms with van der Waals surface area (Å²) in [4.78, 5) is 11.2. The van der Waals surface area contributed by atoms with Gasteiger partial charge in [-0.3, -0.25) is 0 Å². The Balaban J connectivity index is 1.87. The van der Waals surface area contributed by atoms with Gasteiger partial charge >= 0.3 is 6.09 Å². The lowest BCUT2D eigenvalue weighted by atomic mass is 10.3. The number of rotatable bonds is 7. The summed E-state index contributed by atoms with van der Waals surface area (Å²) in [6, 6.07) is 7.34. The quantitative estimate of drug-likeness (QED) is 0.578. The van der Waals surface area contributed by atoms with Crippen LogP contribution in [0.15, 0.2) is 36.4 Å². The molecule has 0 heterocycles. The maximum atomic E-state index is 13.2. The molecule has 0 fully saturated rings. The molecule has 1 amide bonds. The number of carbonyl (C=O) groups excluding carboxylic acids is 1. The van der Waals surface area contributed by atoms with Crippen LogP contribution in [0.4, 0.5) is 13.6 Å². The lowest BCUT2D eigenvalue weighted by molar-refractivity contribution is 0.157. The van der Waals surface area contributed by atoms with Gasteiger partial charge in [0.1, 0.15) is 35.5 Å². The Labute approximate surface area is 153 Å². The van der Waals surface area contributed by atoms with Gasteiger partial charge in [0.25, 0.3) is 0 Å². The first kappa shape index (κ1) is 19.3. The van der Waals surface area contributed by atoms with E-state index in [0.29, 0.717) is 5.75 Å². The summed E-state index contributed by atoms with van der Waals surface area (Å²) in [6.45, 7) is 0.204. The zero-order valence-electron chi connectivity index (χ0n) is 13.4. The fraction of sp³-hybridized carbons (Fsp3) is 0.167. The van der Waals surface area contributed by atoms with Gasteiger partial charge < -0.3 is 19.5 Å². The predicted octanol–water partition coefficient (Wildman–Crippen LogP) is 4.15. The molecule has 0 aromatic heterocycles. The smallest absolute Gasteiger partial charge is 0.408 e. The molecule has 0 atom stereocenters. The van der Waals surface area contributed by atoms with Gasteiger partial charge in [-0.1, -0.05) is 17.5 Å². The number of benzene rings is 2. The molecule has 0 saturated carbocycles. The molecular formula is C18H14ClF2NO4. The van der Waals surface area contributed by atoms with E-state index in [-0.39, 0.29) is 36.3 Å². The van der Waals surface area contributed by atoms with Crippen molar-refractivity contribution in [2.45, 2.75) is 0 Å². The highest BCUT2D eigenvalue weighted by Crippen LogP contribution is 2.31. The number of terminal acetylenes is 1. The third-order valence-electron chi connectivity index (χ3n) is 2.89. The van der Waals surface area contributed by atoms with Crippen molar-refractivity contribution in [3.8, 4) is 29.6 Å². The van der Waals surface area contributed by atoms with Gasteiger partial charge in [-0.15, -0.1) is 6.42 Å². The van der Waals surface area contributed by atoms with Crippen LogP contribution in [0.3, 0.4) is 0 Å². The Kier molecular flexibility index (Phi) is 7.06. The summed E-state index contributed by atoms with van der Waals surface area (Å²) in [5, 5.41) is 2.67. The average molecular weight is 382 g/mol. The number of ether oxygens (including phenoxy) is 3. The van der Waals surface area contributed by atoms with E-state index in [9.17, 15) is 13.6 Å². The first-order chi connectivity index (χ1) is 12.5. The van der Waals surface area contributed by atoms with Crippen LogP contribution in [0.2, 0.25) is 5.02 Å². The number of halogens is 3. The Morgan fingerprint density at radius 2 is 1.88 bits per heavy atom. The van der Waals surface area contributed by atoms with Crippen LogP contribution in [-0.4, -0.2) is 25.9 Å². The van der Waals surface area contributed by atoms with E-state index in [0.717, 1.165) is 18.2 Å². The summed E-state index contributed by atoms with van der Waals surface area (Å²) in [5.74, 6) is 1.30. The van der Waals surface area contributed by atoms with E-state index >= 15 is 0 Å². The second-order valence-corrected chi connectivity index (χ2v) is 5.26. The van der Waals surface area contributed by atoms with Crippen molar-refractivity contribution < 1.29 is 27.8 Å². The second kappa shape index (κ2) is 9.49. The summed E-state index contributed by atoms with van der Waals surface area (Å²) >= 11 is 6.08. The molecule has 136 valence electrons. The number of alkyl carbamates (subject to hydrolysis) is 1. The molecule has 0 unspecified atom stereocenters. The van der Waals surface area contributed by atoms with E-state index in [2.05, 4.69) is 16.0 Å². The van der Waals surface area contributed by atoms with Gasteiger partial charge in [-0.2, -0.15) is 0 Å². The van der Waals surface area contributed by atoms with Crippen molar-refractivity contribution in [2.24, 2.45) is 0 Å². The van der Waals surface area contributed by atoms with Crippen LogP contribution in [0.1, 0.15) is 0 Å². The van der Waals surface area contributed by atoms with Crippen LogP contribution >= 0.6 is 11.6 Å². The molecule has 2 aromatic carbocycles. The third kappa shape index (κ3) is 6.15. The Bertz CT molecular complexity index is 803. The number of hydrogen-bond donors (Lipinski definition) is 1. The highest BCUT2D eigenvalue weighted by molar-refractivity contribution is 6.32. The molecular weight excluding hydrogens is 368 g/mol. The minimum atomic E-state index is -0.751. The van der Waals surface area contributed by atoms with Crippen molar-refractivity contribution in [1.29, 1.82) is 0 Å². The highest BCUT2D eigenvalue weighted by atomic mass is 35.5. The Morgan fingerprint density at radius 1 is 1.15 bits per heavy atom.